The molecule has 0 spiro atoms. The van der Waals surface area contributed by atoms with Crippen LogP contribution in [0.1, 0.15) is 18.4 Å². The van der Waals surface area contributed by atoms with E-state index in [-0.39, 0.29) is 23.2 Å². The SMILES string of the molecule is CN1CCCC(NS(=O)(=O)c2[nH]ncc2CO)C1. The number of aliphatic hydroxyl groups excluding tert-OH is 1. The number of aromatic amines is 1. The first-order chi connectivity index (χ1) is 8.53. The van der Waals surface area contributed by atoms with Crippen molar-refractivity contribution in [3.8, 4) is 0 Å². The van der Waals surface area contributed by atoms with Gasteiger partial charge in [0.1, 0.15) is 0 Å². The van der Waals surface area contributed by atoms with Gasteiger partial charge in [-0.3, -0.25) is 5.10 Å². The molecule has 0 radical (unpaired) electrons. The van der Waals surface area contributed by atoms with Crippen molar-refractivity contribution in [1.82, 2.24) is 19.8 Å². The van der Waals surface area contributed by atoms with E-state index in [1.54, 1.807) is 0 Å². The third-order valence-electron chi connectivity index (χ3n) is 3.06. The standard InChI is InChI=1S/C10H18N4O3S/c1-14-4-2-3-9(6-14)13-18(16,17)10-8(7-15)5-11-12-10/h5,9,13,15H,2-4,6-7H2,1H3,(H,11,12). The quantitative estimate of drug-likeness (QED) is 0.672. The van der Waals surface area contributed by atoms with E-state index >= 15 is 0 Å². The average Bonchev–Trinajstić information content (AvgIpc) is 2.77. The maximum absolute atomic E-state index is 12.1. The van der Waals surface area contributed by atoms with Crippen molar-refractivity contribution in [2.75, 3.05) is 20.1 Å². The van der Waals surface area contributed by atoms with Crippen LogP contribution in [0.25, 0.3) is 0 Å². The van der Waals surface area contributed by atoms with Gasteiger partial charge in [-0.15, -0.1) is 0 Å². The summed E-state index contributed by atoms with van der Waals surface area (Å²) in [6, 6.07) is -0.0939. The number of hydrogen-bond donors (Lipinski definition) is 3. The largest absolute Gasteiger partial charge is 0.392 e. The van der Waals surface area contributed by atoms with Gasteiger partial charge >= 0.3 is 0 Å². The fraction of sp³-hybridized carbons (Fsp3) is 0.700. The van der Waals surface area contributed by atoms with Crippen LogP contribution < -0.4 is 4.72 Å². The van der Waals surface area contributed by atoms with Crippen LogP contribution in [0.3, 0.4) is 0 Å². The van der Waals surface area contributed by atoms with Gasteiger partial charge < -0.3 is 10.0 Å². The molecule has 1 aliphatic heterocycles. The van der Waals surface area contributed by atoms with E-state index in [1.807, 2.05) is 7.05 Å². The Hall–Kier alpha value is -0.960. The van der Waals surface area contributed by atoms with E-state index in [0.717, 1.165) is 19.4 Å². The Morgan fingerprint density at radius 3 is 3.11 bits per heavy atom. The molecule has 102 valence electrons. The molecule has 2 heterocycles. The van der Waals surface area contributed by atoms with Crippen LogP contribution in [0.2, 0.25) is 0 Å². The highest BCUT2D eigenvalue weighted by molar-refractivity contribution is 7.89. The molecule has 8 heteroatoms. The highest BCUT2D eigenvalue weighted by Crippen LogP contribution is 2.15. The number of sulfonamides is 1. The minimum atomic E-state index is -3.64. The summed E-state index contributed by atoms with van der Waals surface area (Å²) in [5.41, 5.74) is 0.284. The van der Waals surface area contributed by atoms with E-state index in [9.17, 15) is 8.42 Å². The lowest BCUT2D eigenvalue weighted by Gasteiger charge is -2.29. The molecule has 1 fully saturated rings. The van der Waals surface area contributed by atoms with Gasteiger partial charge in [-0.1, -0.05) is 0 Å². The lowest BCUT2D eigenvalue weighted by molar-refractivity contribution is 0.242. The Morgan fingerprint density at radius 1 is 1.67 bits per heavy atom. The number of hydrogen-bond acceptors (Lipinski definition) is 5. The summed E-state index contributed by atoms with van der Waals surface area (Å²) in [5, 5.41) is 15.1. The van der Waals surface area contributed by atoms with Crippen LogP contribution in [0.4, 0.5) is 0 Å². The number of nitrogens with zero attached hydrogens (tertiary/aromatic N) is 2. The van der Waals surface area contributed by atoms with Crippen LogP contribution in [0, 0.1) is 0 Å². The van der Waals surface area contributed by atoms with E-state index in [0.29, 0.717) is 6.54 Å². The number of H-pyrrole nitrogens is 1. The minimum Gasteiger partial charge on any atom is -0.392 e. The van der Waals surface area contributed by atoms with E-state index in [1.165, 1.54) is 6.20 Å². The molecular weight excluding hydrogens is 256 g/mol. The van der Waals surface area contributed by atoms with Crippen molar-refractivity contribution in [3.63, 3.8) is 0 Å². The first-order valence-electron chi connectivity index (χ1n) is 5.87. The average molecular weight is 274 g/mol. The molecule has 1 saturated heterocycles. The Balaban J connectivity index is 2.12. The third-order valence-corrected chi connectivity index (χ3v) is 4.60. The second kappa shape index (κ2) is 5.35. The molecule has 1 aliphatic rings. The summed E-state index contributed by atoms with van der Waals surface area (Å²) in [7, 11) is -1.67. The molecule has 0 aliphatic carbocycles. The zero-order valence-electron chi connectivity index (χ0n) is 10.3. The molecule has 3 N–H and O–H groups in total. The summed E-state index contributed by atoms with van der Waals surface area (Å²) in [4.78, 5) is 2.09. The molecular formula is C10H18N4O3S. The molecule has 7 nitrogen and oxygen atoms in total. The normalized spacial score (nSPS) is 22.2. The number of aromatic nitrogens is 2. The first kappa shape index (κ1) is 13.5. The van der Waals surface area contributed by atoms with Crippen LogP contribution >= 0.6 is 0 Å². The second-order valence-corrected chi connectivity index (χ2v) is 6.26. The summed E-state index contributed by atoms with van der Waals surface area (Å²) < 4.78 is 26.9. The number of likely N-dealkylation sites (tertiary alicyclic amines) is 1. The van der Waals surface area contributed by atoms with Gasteiger partial charge in [0.25, 0.3) is 10.0 Å². The summed E-state index contributed by atoms with van der Waals surface area (Å²) in [6.45, 7) is 1.34. The van der Waals surface area contributed by atoms with Crippen molar-refractivity contribution >= 4 is 10.0 Å². The molecule has 18 heavy (non-hydrogen) atoms. The van der Waals surface area contributed by atoms with Gasteiger partial charge in [-0.25, -0.2) is 13.1 Å². The van der Waals surface area contributed by atoms with Crippen LogP contribution in [0.15, 0.2) is 11.2 Å². The third kappa shape index (κ3) is 2.89. The Labute approximate surface area is 106 Å². The molecule has 1 atom stereocenters. The van der Waals surface area contributed by atoms with Crippen LogP contribution in [0.5, 0.6) is 0 Å². The predicted octanol–water partition coefficient (Wildman–Crippen LogP) is -0.725. The summed E-state index contributed by atoms with van der Waals surface area (Å²) >= 11 is 0. The monoisotopic (exact) mass is 274 g/mol. The fourth-order valence-electron chi connectivity index (χ4n) is 2.19. The molecule has 2 rings (SSSR count). The number of nitrogens with one attached hydrogen (secondary N) is 2. The van der Waals surface area contributed by atoms with Gasteiger partial charge in [0, 0.05) is 18.2 Å². The molecule has 1 aromatic heterocycles. The van der Waals surface area contributed by atoms with E-state index in [4.69, 9.17) is 5.11 Å². The van der Waals surface area contributed by atoms with Crippen molar-refractivity contribution in [3.05, 3.63) is 11.8 Å². The van der Waals surface area contributed by atoms with Gasteiger partial charge in [-0.2, -0.15) is 5.10 Å². The van der Waals surface area contributed by atoms with Crippen molar-refractivity contribution in [2.45, 2.75) is 30.5 Å². The highest BCUT2D eigenvalue weighted by Gasteiger charge is 2.26. The summed E-state index contributed by atoms with van der Waals surface area (Å²) in [6.07, 6.45) is 3.12. The lowest BCUT2D eigenvalue weighted by Crippen LogP contribution is -2.46. The molecule has 0 aromatic carbocycles. The molecule has 1 aromatic rings. The molecule has 0 amide bonds. The topological polar surface area (TPSA) is 98.3 Å². The highest BCUT2D eigenvalue weighted by atomic mass is 32.2. The number of likely N-dealkylation sites (N-methyl/N-ethyl adjacent to an activating group) is 1. The van der Waals surface area contributed by atoms with Crippen molar-refractivity contribution in [1.29, 1.82) is 0 Å². The number of rotatable bonds is 4. The maximum atomic E-state index is 12.1. The maximum Gasteiger partial charge on any atom is 0.258 e. The Kier molecular flexibility index (Phi) is 4.00. The first-order valence-corrected chi connectivity index (χ1v) is 7.35. The van der Waals surface area contributed by atoms with Crippen LogP contribution in [-0.4, -0.2) is 54.8 Å². The zero-order chi connectivity index (χ0) is 13.2. The fourth-order valence-corrected chi connectivity index (χ4v) is 3.57. The van der Waals surface area contributed by atoms with Gasteiger partial charge in [0.05, 0.1) is 12.8 Å². The van der Waals surface area contributed by atoms with Gasteiger partial charge in [0.2, 0.25) is 0 Å². The number of piperidine rings is 1. The zero-order valence-corrected chi connectivity index (χ0v) is 11.1. The molecule has 0 saturated carbocycles. The van der Waals surface area contributed by atoms with Crippen LogP contribution in [-0.2, 0) is 16.6 Å². The smallest absolute Gasteiger partial charge is 0.258 e. The lowest BCUT2D eigenvalue weighted by atomic mass is 10.1. The van der Waals surface area contributed by atoms with Crippen molar-refractivity contribution < 1.29 is 13.5 Å². The van der Waals surface area contributed by atoms with Crippen molar-refractivity contribution in [2.24, 2.45) is 0 Å². The van der Waals surface area contributed by atoms with Gasteiger partial charge in [0.15, 0.2) is 5.03 Å². The predicted molar refractivity (Wildman–Crippen MR) is 65.4 cm³/mol. The summed E-state index contributed by atoms with van der Waals surface area (Å²) in [5.74, 6) is 0. The molecule has 0 bridgehead atoms. The minimum absolute atomic E-state index is 0.0433. The Bertz CT molecular complexity index is 499. The second-order valence-electron chi connectivity index (χ2n) is 4.61. The molecule has 1 unspecified atom stereocenters. The number of aliphatic hydroxyl groups is 1. The van der Waals surface area contributed by atoms with E-state index in [2.05, 4.69) is 19.8 Å². The van der Waals surface area contributed by atoms with E-state index < -0.39 is 10.0 Å². The Morgan fingerprint density at radius 2 is 2.44 bits per heavy atom. The van der Waals surface area contributed by atoms with Gasteiger partial charge in [-0.05, 0) is 26.4 Å².